The molecule has 0 saturated carbocycles. The molecule has 0 bridgehead atoms. The number of H-pyrrole nitrogens is 1. The Balaban J connectivity index is 2.46. The second kappa shape index (κ2) is 5.30. The highest BCUT2D eigenvalue weighted by molar-refractivity contribution is 14.1. The van der Waals surface area contributed by atoms with Gasteiger partial charge in [0.2, 0.25) is 0 Å². The van der Waals surface area contributed by atoms with Crippen LogP contribution in [0.15, 0.2) is 41.2 Å². The number of hydrogen-bond donors (Lipinski definition) is 1. The first-order chi connectivity index (χ1) is 9.99. The molecule has 0 aliphatic heterocycles. The Morgan fingerprint density at radius 1 is 1.19 bits per heavy atom. The van der Waals surface area contributed by atoms with Gasteiger partial charge in [0.25, 0.3) is 5.56 Å². The summed E-state index contributed by atoms with van der Waals surface area (Å²) in [6.45, 7) is 0. The van der Waals surface area contributed by atoms with Gasteiger partial charge in [0.1, 0.15) is 0 Å². The summed E-state index contributed by atoms with van der Waals surface area (Å²) in [6.07, 6.45) is 0. The van der Waals surface area contributed by atoms with Gasteiger partial charge in [-0.15, -0.1) is 0 Å². The molecule has 106 valence electrons. The van der Waals surface area contributed by atoms with Crippen LogP contribution in [0.5, 0.6) is 0 Å². The molecule has 0 saturated heterocycles. The SMILES string of the molecule is O=c1c2cc(I)ccc2[nH]c(=S)n1-c1cccc(F)c1F. The molecule has 0 amide bonds. The first-order valence-electron chi connectivity index (χ1n) is 5.88. The molecular weight excluding hydrogens is 409 g/mol. The van der Waals surface area contributed by atoms with E-state index in [4.69, 9.17) is 12.2 Å². The van der Waals surface area contributed by atoms with Crippen LogP contribution < -0.4 is 5.56 Å². The summed E-state index contributed by atoms with van der Waals surface area (Å²) in [5.41, 5.74) is -0.141. The van der Waals surface area contributed by atoms with Gasteiger partial charge in [0.15, 0.2) is 16.4 Å². The molecule has 0 unspecified atom stereocenters. The summed E-state index contributed by atoms with van der Waals surface area (Å²) in [4.78, 5) is 15.4. The summed E-state index contributed by atoms with van der Waals surface area (Å²) in [5, 5.41) is 0.360. The first-order valence-corrected chi connectivity index (χ1v) is 7.37. The predicted molar refractivity (Wildman–Crippen MR) is 87.4 cm³/mol. The smallest absolute Gasteiger partial charge is 0.266 e. The lowest BCUT2D eigenvalue weighted by Crippen LogP contribution is -2.22. The molecule has 1 heterocycles. The zero-order valence-corrected chi connectivity index (χ0v) is 13.3. The number of hydrogen-bond acceptors (Lipinski definition) is 2. The van der Waals surface area contributed by atoms with Crippen LogP contribution >= 0.6 is 34.8 Å². The predicted octanol–water partition coefficient (Wildman–Crippen LogP) is 3.93. The Morgan fingerprint density at radius 2 is 1.95 bits per heavy atom. The van der Waals surface area contributed by atoms with Gasteiger partial charge in [0, 0.05) is 3.57 Å². The van der Waals surface area contributed by atoms with Crippen LogP contribution in [0.2, 0.25) is 0 Å². The maximum absolute atomic E-state index is 13.9. The highest BCUT2D eigenvalue weighted by Crippen LogP contribution is 2.17. The zero-order chi connectivity index (χ0) is 15.1. The van der Waals surface area contributed by atoms with E-state index in [-0.39, 0.29) is 10.5 Å². The van der Waals surface area contributed by atoms with Crippen LogP contribution in [-0.4, -0.2) is 9.55 Å². The van der Waals surface area contributed by atoms with Crippen molar-refractivity contribution in [1.82, 2.24) is 9.55 Å². The van der Waals surface area contributed by atoms with Gasteiger partial charge in [0.05, 0.1) is 16.6 Å². The highest BCUT2D eigenvalue weighted by atomic mass is 127. The molecule has 0 aliphatic carbocycles. The Morgan fingerprint density at radius 3 is 2.71 bits per heavy atom. The third-order valence-electron chi connectivity index (χ3n) is 3.03. The Kier molecular flexibility index (Phi) is 3.62. The van der Waals surface area contributed by atoms with Crippen molar-refractivity contribution in [3.63, 3.8) is 0 Å². The summed E-state index contributed by atoms with van der Waals surface area (Å²) in [7, 11) is 0. The maximum Gasteiger partial charge on any atom is 0.266 e. The lowest BCUT2D eigenvalue weighted by molar-refractivity contribution is 0.503. The van der Waals surface area contributed by atoms with Crippen LogP contribution in [0.25, 0.3) is 16.6 Å². The number of aromatic amines is 1. The van der Waals surface area contributed by atoms with Gasteiger partial charge < -0.3 is 4.98 Å². The lowest BCUT2D eigenvalue weighted by atomic mass is 10.2. The molecule has 0 spiro atoms. The Hall–Kier alpha value is -1.61. The van der Waals surface area contributed by atoms with Gasteiger partial charge in [-0.1, -0.05) is 6.07 Å². The van der Waals surface area contributed by atoms with Crippen LogP contribution in [0, 0.1) is 20.0 Å². The standard InChI is InChI=1S/C14H7F2IN2OS/c15-9-2-1-3-11(12(9)16)19-13(20)8-6-7(17)4-5-10(8)18-14(19)21/h1-6H,(H,18,21). The molecular formula is C14H7F2IN2OS. The molecule has 0 fully saturated rings. The molecule has 7 heteroatoms. The van der Waals surface area contributed by atoms with E-state index in [1.807, 2.05) is 6.07 Å². The molecule has 0 radical (unpaired) electrons. The van der Waals surface area contributed by atoms with Crippen molar-refractivity contribution in [3.05, 3.63) is 66.7 Å². The number of fused-ring (bicyclic) bond motifs is 1. The molecule has 21 heavy (non-hydrogen) atoms. The van der Waals surface area contributed by atoms with E-state index in [1.54, 1.807) is 12.1 Å². The van der Waals surface area contributed by atoms with E-state index >= 15 is 0 Å². The van der Waals surface area contributed by atoms with Crippen molar-refractivity contribution in [2.24, 2.45) is 0 Å². The van der Waals surface area contributed by atoms with Crippen molar-refractivity contribution < 1.29 is 8.78 Å². The number of benzene rings is 2. The number of nitrogens with zero attached hydrogens (tertiary/aromatic N) is 1. The van der Waals surface area contributed by atoms with Gasteiger partial charge in [-0.05, 0) is 65.1 Å². The van der Waals surface area contributed by atoms with Gasteiger partial charge >= 0.3 is 0 Å². The molecule has 3 aromatic rings. The molecule has 1 N–H and O–H groups in total. The summed E-state index contributed by atoms with van der Waals surface area (Å²) < 4.78 is 29.1. The Labute approximate surface area is 136 Å². The molecule has 1 aromatic heterocycles. The van der Waals surface area contributed by atoms with E-state index in [0.29, 0.717) is 10.9 Å². The summed E-state index contributed by atoms with van der Waals surface area (Å²) in [5.74, 6) is -2.14. The molecule has 2 aromatic carbocycles. The molecule has 3 nitrogen and oxygen atoms in total. The van der Waals surface area contributed by atoms with Crippen molar-refractivity contribution >= 4 is 45.7 Å². The monoisotopic (exact) mass is 416 g/mol. The average molecular weight is 416 g/mol. The van der Waals surface area contributed by atoms with Gasteiger partial charge in [-0.25, -0.2) is 13.3 Å². The van der Waals surface area contributed by atoms with E-state index in [2.05, 4.69) is 27.6 Å². The average Bonchev–Trinajstić information content (AvgIpc) is 2.44. The van der Waals surface area contributed by atoms with Crippen molar-refractivity contribution in [2.45, 2.75) is 0 Å². The fraction of sp³-hybridized carbons (Fsp3) is 0. The van der Waals surface area contributed by atoms with Crippen LogP contribution in [-0.2, 0) is 0 Å². The first kappa shape index (κ1) is 14.3. The van der Waals surface area contributed by atoms with Crippen LogP contribution in [0.3, 0.4) is 0 Å². The number of nitrogens with one attached hydrogen (secondary N) is 1. The molecule has 0 atom stereocenters. The zero-order valence-electron chi connectivity index (χ0n) is 10.4. The second-order valence-electron chi connectivity index (χ2n) is 4.33. The number of rotatable bonds is 1. The fourth-order valence-electron chi connectivity index (χ4n) is 2.07. The number of halogens is 3. The normalized spacial score (nSPS) is 11.0. The van der Waals surface area contributed by atoms with E-state index in [0.717, 1.165) is 14.2 Å². The molecule has 3 rings (SSSR count). The summed E-state index contributed by atoms with van der Waals surface area (Å²) in [6, 6.07) is 8.83. The van der Waals surface area contributed by atoms with Gasteiger partial charge in [-0.2, -0.15) is 0 Å². The fourth-order valence-corrected chi connectivity index (χ4v) is 2.85. The molecule has 0 aliphatic rings. The summed E-state index contributed by atoms with van der Waals surface area (Å²) >= 11 is 7.17. The number of aromatic nitrogens is 2. The maximum atomic E-state index is 13.9. The van der Waals surface area contributed by atoms with Crippen LogP contribution in [0.4, 0.5) is 8.78 Å². The minimum atomic E-state index is -1.11. The van der Waals surface area contributed by atoms with E-state index < -0.39 is 17.2 Å². The minimum Gasteiger partial charge on any atom is -0.331 e. The van der Waals surface area contributed by atoms with Crippen molar-refractivity contribution in [3.8, 4) is 5.69 Å². The Bertz CT molecular complexity index is 981. The quantitative estimate of drug-likeness (QED) is 0.482. The van der Waals surface area contributed by atoms with Gasteiger partial charge in [-0.3, -0.25) is 4.79 Å². The topological polar surface area (TPSA) is 37.8 Å². The lowest BCUT2D eigenvalue weighted by Gasteiger charge is -2.09. The van der Waals surface area contributed by atoms with Crippen molar-refractivity contribution in [1.29, 1.82) is 0 Å². The highest BCUT2D eigenvalue weighted by Gasteiger charge is 2.14. The van der Waals surface area contributed by atoms with Crippen LogP contribution in [0.1, 0.15) is 0 Å². The third kappa shape index (κ3) is 2.40. The van der Waals surface area contributed by atoms with Crippen molar-refractivity contribution in [2.75, 3.05) is 0 Å². The van der Waals surface area contributed by atoms with E-state index in [9.17, 15) is 13.6 Å². The van der Waals surface area contributed by atoms with E-state index in [1.165, 1.54) is 12.1 Å². The second-order valence-corrected chi connectivity index (χ2v) is 5.97. The minimum absolute atomic E-state index is 0.0122. The third-order valence-corrected chi connectivity index (χ3v) is 3.99. The largest absolute Gasteiger partial charge is 0.331 e.